The van der Waals surface area contributed by atoms with Crippen molar-refractivity contribution >= 4 is 53.1 Å². The van der Waals surface area contributed by atoms with Crippen LogP contribution in [0.4, 0.5) is 16.2 Å². The third kappa shape index (κ3) is 19.8. The van der Waals surface area contributed by atoms with Gasteiger partial charge in [0.1, 0.15) is 17.6 Å². The molecule has 2 aromatic carbocycles. The van der Waals surface area contributed by atoms with E-state index in [2.05, 4.69) is 87.7 Å². The Morgan fingerprint density at radius 2 is 1.36 bits per heavy atom. The Kier molecular flexibility index (Phi) is 25.6. The van der Waals surface area contributed by atoms with Gasteiger partial charge in [0.15, 0.2) is 0 Å². The number of aromatic nitrogens is 3. The van der Waals surface area contributed by atoms with Gasteiger partial charge in [-0.25, -0.2) is 19.5 Å². The van der Waals surface area contributed by atoms with Crippen LogP contribution in [0.2, 0.25) is 0 Å². The number of rotatable bonds is 15. The number of carbonyl (C=O) groups is 1. The third-order valence-corrected chi connectivity index (χ3v) is 8.90. The van der Waals surface area contributed by atoms with Gasteiger partial charge in [-0.05, 0) is 56.0 Å². The van der Waals surface area contributed by atoms with Gasteiger partial charge in [-0.3, -0.25) is 15.5 Å². The minimum atomic E-state index is -0.213. The zero-order valence-corrected chi connectivity index (χ0v) is 34.7. The number of hydrogen-bond donors (Lipinski definition) is 2. The number of para-hydroxylation sites is 2. The number of nitrogens with zero attached hydrogens (tertiary/aromatic N) is 6. The maximum Gasteiger partial charge on any atom is 0.326 e. The zero-order chi connectivity index (χ0) is 38.1. The van der Waals surface area contributed by atoms with E-state index in [4.69, 9.17) is 0 Å². The Hall–Kier alpha value is -3.28. The van der Waals surface area contributed by atoms with E-state index < -0.39 is 0 Å². The summed E-state index contributed by atoms with van der Waals surface area (Å²) in [7, 11) is 5.58. The lowest BCUT2D eigenvalue weighted by Crippen LogP contribution is -2.37. The first kappa shape index (κ1) is 46.7. The number of thioether (sulfide) groups is 2. The molecule has 0 radical (unpaired) electrons. The summed E-state index contributed by atoms with van der Waals surface area (Å²) < 4.78 is 1.73. The fourth-order valence-electron chi connectivity index (χ4n) is 4.42. The van der Waals surface area contributed by atoms with Crippen molar-refractivity contribution in [3.8, 4) is 0 Å². The number of aliphatic imine (C=N–C) groups is 1. The molecule has 3 atom stereocenters. The molecule has 11 heteroatoms. The first-order valence-electron chi connectivity index (χ1n) is 17.8. The molecule has 3 aromatic rings. The van der Waals surface area contributed by atoms with Crippen molar-refractivity contribution in [1.82, 2.24) is 25.4 Å². The highest BCUT2D eigenvalue weighted by Crippen LogP contribution is 2.25. The molecular formula is C39H66N8OS2. The van der Waals surface area contributed by atoms with Crippen molar-refractivity contribution in [1.29, 1.82) is 0 Å². The molecule has 3 unspecified atom stereocenters. The normalized spacial score (nSPS) is 12.4. The smallest absolute Gasteiger partial charge is 0.326 e. The van der Waals surface area contributed by atoms with E-state index in [1.165, 1.54) is 12.8 Å². The molecule has 0 fully saturated rings. The van der Waals surface area contributed by atoms with Crippen LogP contribution in [-0.4, -0.2) is 64.3 Å². The summed E-state index contributed by atoms with van der Waals surface area (Å²) >= 11 is 3.47. The van der Waals surface area contributed by atoms with Crippen LogP contribution >= 0.6 is 23.5 Å². The van der Waals surface area contributed by atoms with Crippen molar-refractivity contribution in [3.63, 3.8) is 0 Å². The van der Waals surface area contributed by atoms with Crippen LogP contribution in [-0.2, 0) is 0 Å². The molecule has 50 heavy (non-hydrogen) atoms. The lowest BCUT2D eigenvalue weighted by atomic mass is 10.1. The minimum absolute atomic E-state index is 0.0638. The Balaban J connectivity index is 0.000000851. The van der Waals surface area contributed by atoms with E-state index >= 15 is 0 Å². The molecule has 1 aromatic heterocycles. The van der Waals surface area contributed by atoms with Gasteiger partial charge >= 0.3 is 6.03 Å². The summed E-state index contributed by atoms with van der Waals surface area (Å²) in [6.07, 6.45) is 6.75. The van der Waals surface area contributed by atoms with Crippen LogP contribution in [0.1, 0.15) is 88.5 Å². The number of anilines is 2. The van der Waals surface area contributed by atoms with E-state index in [1.807, 2.05) is 93.5 Å². The second-order valence-corrected chi connectivity index (χ2v) is 15.3. The highest BCUT2D eigenvalue weighted by atomic mass is 32.2. The SMILES string of the molecule is C=C(N(C)c1ccccc1)n1cnc(SC(C)CC(C)C)n1.CC.CCC.CNC(/N=C\NC(=O)N(C)c1ccccc1)SC(C)CC(C)C. The Labute approximate surface area is 313 Å². The van der Waals surface area contributed by atoms with Crippen molar-refractivity contribution in [2.24, 2.45) is 16.8 Å². The molecule has 0 bridgehead atoms. The van der Waals surface area contributed by atoms with Crippen LogP contribution in [0.5, 0.6) is 0 Å². The maximum atomic E-state index is 12.1. The van der Waals surface area contributed by atoms with Crippen molar-refractivity contribution in [3.05, 3.63) is 73.6 Å². The van der Waals surface area contributed by atoms with E-state index in [0.29, 0.717) is 22.3 Å². The molecule has 0 aliphatic rings. The molecule has 0 saturated carbocycles. The summed E-state index contributed by atoms with van der Waals surface area (Å²) in [5.74, 6) is 2.13. The number of benzene rings is 2. The minimum Gasteiger partial charge on any atom is -0.330 e. The van der Waals surface area contributed by atoms with Crippen LogP contribution in [0.15, 0.2) is 83.7 Å². The predicted octanol–water partition coefficient (Wildman–Crippen LogP) is 10.3. The van der Waals surface area contributed by atoms with Crippen molar-refractivity contribution in [2.75, 3.05) is 30.9 Å². The average Bonchev–Trinajstić information content (AvgIpc) is 3.56. The Bertz CT molecular complexity index is 1320. The molecule has 2 N–H and O–H groups in total. The topological polar surface area (TPSA) is 90.7 Å². The highest BCUT2D eigenvalue weighted by molar-refractivity contribution is 8.00. The third-order valence-electron chi connectivity index (χ3n) is 6.63. The van der Waals surface area contributed by atoms with Crippen molar-refractivity contribution in [2.45, 2.75) is 110 Å². The van der Waals surface area contributed by atoms with E-state index in [9.17, 15) is 4.79 Å². The molecule has 0 aliphatic heterocycles. The number of hydrogen-bond acceptors (Lipinski definition) is 8. The van der Waals surface area contributed by atoms with Gasteiger partial charge in [0.25, 0.3) is 0 Å². The zero-order valence-electron chi connectivity index (χ0n) is 33.1. The molecule has 0 spiro atoms. The summed E-state index contributed by atoms with van der Waals surface area (Å²) in [5.41, 5.74) is 1.85. The van der Waals surface area contributed by atoms with E-state index in [-0.39, 0.29) is 11.5 Å². The van der Waals surface area contributed by atoms with Crippen LogP contribution in [0.25, 0.3) is 5.82 Å². The second kappa shape index (κ2) is 27.4. The predicted molar refractivity (Wildman–Crippen MR) is 224 cm³/mol. The van der Waals surface area contributed by atoms with Crippen molar-refractivity contribution < 1.29 is 4.79 Å². The van der Waals surface area contributed by atoms with Gasteiger partial charge in [0.2, 0.25) is 5.16 Å². The maximum absolute atomic E-state index is 12.1. The van der Waals surface area contributed by atoms with E-state index in [0.717, 1.165) is 35.2 Å². The fraction of sp³-hybridized carbons (Fsp3) is 0.538. The monoisotopic (exact) mass is 726 g/mol. The Morgan fingerprint density at radius 3 is 1.84 bits per heavy atom. The van der Waals surface area contributed by atoms with Gasteiger partial charge < -0.3 is 4.90 Å². The standard InChI is InChI=1S/C17H28N4OS.C17H24N4S.C3H8.C2H6/c1-13(2)11-14(3)23-16(18-4)19-12-20-17(22)21(5)15-9-7-6-8-10-15;1-13(2)11-14(3)22-17-18-12-21(19-17)15(4)20(5)16-9-7-6-8-10-16;1-3-2;1-2/h6-10,12-14,16,18H,11H2,1-5H3,(H,19,20,22);6-10,12-14H,4,11H2,1-3,5H3;3H2,1-2H3;1-2H3. The van der Waals surface area contributed by atoms with Gasteiger partial charge in [0.05, 0.1) is 6.34 Å². The van der Waals surface area contributed by atoms with Crippen LogP contribution in [0.3, 0.4) is 0 Å². The molecule has 0 saturated heterocycles. The molecule has 2 amide bonds. The quantitative estimate of drug-likeness (QED) is 0.0697. The van der Waals surface area contributed by atoms with Gasteiger partial charge in [-0.15, -0.1) is 16.9 Å². The van der Waals surface area contributed by atoms with Gasteiger partial charge in [-0.2, -0.15) is 0 Å². The molecule has 280 valence electrons. The molecule has 9 nitrogen and oxygen atoms in total. The number of nitrogens with one attached hydrogen (secondary N) is 2. The highest BCUT2D eigenvalue weighted by Gasteiger charge is 2.14. The first-order chi connectivity index (χ1) is 23.8. The largest absolute Gasteiger partial charge is 0.330 e. The first-order valence-corrected chi connectivity index (χ1v) is 19.6. The molecule has 3 rings (SSSR count). The lowest BCUT2D eigenvalue weighted by Gasteiger charge is -2.20. The lowest BCUT2D eigenvalue weighted by molar-refractivity contribution is 0.252. The average molecular weight is 727 g/mol. The summed E-state index contributed by atoms with van der Waals surface area (Å²) in [4.78, 5) is 24.4. The molecular weight excluding hydrogens is 661 g/mol. The van der Waals surface area contributed by atoms with Crippen LogP contribution < -0.4 is 20.4 Å². The second-order valence-electron chi connectivity index (χ2n) is 12.4. The molecule has 0 aliphatic carbocycles. The van der Waals surface area contributed by atoms with E-state index in [1.54, 1.807) is 46.5 Å². The van der Waals surface area contributed by atoms with Gasteiger partial charge in [0, 0.05) is 36.0 Å². The fourth-order valence-corrected chi connectivity index (χ4v) is 6.70. The Morgan fingerprint density at radius 1 is 0.880 bits per heavy atom. The number of urea groups is 1. The summed E-state index contributed by atoms with van der Waals surface area (Å²) in [6.45, 7) is 25.7. The summed E-state index contributed by atoms with van der Waals surface area (Å²) in [6, 6.07) is 19.4. The van der Waals surface area contributed by atoms with Crippen LogP contribution in [0, 0.1) is 11.8 Å². The number of carbonyl (C=O) groups excluding carboxylic acids is 1. The summed E-state index contributed by atoms with van der Waals surface area (Å²) in [5, 5.41) is 12.2. The molecule has 1 heterocycles. The number of amides is 2. The van der Waals surface area contributed by atoms with Gasteiger partial charge in [-0.1, -0.05) is 130 Å².